The van der Waals surface area contributed by atoms with Crippen molar-refractivity contribution >= 4 is 29.5 Å². The van der Waals surface area contributed by atoms with Crippen LogP contribution < -0.4 is 10.6 Å². The average molecular weight is 395 g/mol. The van der Waals surface area contributed by atoms with Crippen LogP contribution in [0.15, 0.2) is 18.2 Å². The van der Waals surface area contributed by atoms with Gasteiger partial charge in [0.25, 0.3) is 11.8 Å². The monoisotopic (exact) mass is 395 g/mol. The molecule has 0 bridgehead atoms. The van der Waals surface area contributed by atoms with Crippen molar-refractivity contribution in [3.8, 4) is 0 Å². The quantitative estimate of drug-likeness (QED) is 0.562. The van der Waals surface area contributed by atoms with Gasteiger partial charge in [-0.15, -0.1) is 0 Å². The van der Waals surface area contributed by atoms with E-state index in [9.17, 15) is 28.0 Å². The van der Waals surface area contributed by atoms with Gasteiger partial charge in [-0.3, -0.25) is 19.3 Å². The van der Waals surface area contributed by atoms with Crippen molar-refractivity contribution in [2.24, 2.45) is 5.92 Å². The number of ether oxygens (including phenoxy) is 1. The second-order valence-electron chi connectivity index (χ2n) is 7.04. The van der Waals surface area contributed by atoms with Crippen LogP contribution >= 0.6 is 0 Å². The number of nitrogens with zero attached hydrogens (tertiary/aromatic N) is 1. The largest absolute Gasteiger partial charge is 0.451 e. The molecule has 2 fully saturated rings. The second kappa shape index (κ2) is 7.17. The molecular weight excluding hydrogens is 376 g/mol. The molecule has 1 aromatic rings. The Bertz CT molecular complexity index is 858. The van der Waals surface area contributed by atoms with Crippen molar-refractivity contribution in [3.63, 3.8) is 0 Å². The zero-order valence-corrected chi connectivity index (χ0v) is 15.3. The van der Waals surface area contributed by atoms with Gasteiger partial charge in [-0.2, -0.15) is 0 Å². The van der Waals surface area contributed by atoms with E-state index < -0.39 is 53.6 Å². The van der Waals surface area contributed by atoms with Gasteiger partial charge >= 0.3 is 12.0 Å². The van der Waals surface area contributed by atoms with E-state index in [1.54, 1.807) is 6.92 Å². The van der Waals surface area contributed by atoms with Gasteiger partial charge in [0, 0.05) is 6.07 Å². The Morgan fingerprint density at radius 1 is 1.36 bits per heavy atom. The van der Waals surface area contributed by atoms with Crippen molar-refractivity contribution in [1.29, 1.82) is 0 Å². The average Bonchev–Trinajstić information content (AvgIpc) is 3.43. The van der Waals surface area contributed by atoms with Crippen LogP contribution in [0, 0.1) is 17.6 Å². The number of rotatable bonds is 6. The molecule has 1 aromatic carbocycles. The van der Waals surface area contributed by atoms with Crippen molar-refractivity contribution in [1.82, 2.24) is 10.2 Å². The smallest absolute Gasteiger partial charge is 0.327 e. The molecule has 0 unspecified atom stereocenters. The lowest BCUT2D eigenvalue weighted by Crippen LogP contribution is -2.46. The minimum absolute atomic E-state index is 0.0419. The van der Waals surface area contributed by atoms with Crippen LogP contribution in [0.5, 0.6) is 0 Å². The molecule has 3 rings (SSSR count). The predicted molar refractivity (Wildman–Crippen MR) is 91.9 cm³/mol. The molecule has 2 aliphatic rings. The van der Waals surface area contributed by atoms with Gasteiger partial charge < -0.3 is 15.4 Å². The number of hydrogen-bond donors (Lipinski definition) is 2. The predicted octanol–water partition coefficient (Wildman–Crippen LogP) is 1.56. The molecule has 150 valence electrons. The van der Waals surface area contributed by atoms with Crippen LogP contribution in [0.4, 0.5) is 19.3 Å². The van der Waals surface area contributed by atoms with Gasteiger partial charge in [0.05, 0.1) is 5.69 Å². The Kier molecular flexibility index (Phi) is 5.05. The van der Waals surface area contributed by atoms with Crippen LogP contribution in [0.25, 0.3) is 0 Å². The summed E-state index contributed by atoms with van der Waals surface area (Å²) in [7, 11) is 0. The number of urea groups is 1. The van der Waals surface area contributed by atoms with E-state index in [0.717, 1.165) is 29.9 Å². The number of anilines is 1. The normalized spacial score (nSPS) is 22.6. The molecule has 8 nitrogen and oxygen atoms in total. The maximum Gasteiger partial charge on any atom is 0.327 e. The summed E-state index contributed by atoms with van der Waals surface area (Å²) in [6.07, 6.45) is 0.308. The summed E-state index contributed by atoms with van der Waals surface area (Å²) in [6.45, 7) is 2.22. The van der Waals surface area contributed by atoms with Gasteiger partial charge in [-0.25, -0.2) is 13.6 Å². The SMILES string of the molecule is C[C@@H](OC(=O)CN1C(=O)N[C@@](C)(C2CC2)C1=O)C(=O)Nc1ccc(F)cc1F. The molecular formula is C18H19F2N3O5. The summed E-state index contributed by atoms with van der Waals surface area (Å²) < 4.78 is 31.4. The van der Waals surface area contributed by atoms with Gasteiger partial charge in [0.1, 0.15) is 23.7 Å². The Morgan fingerprint density at radius 2 is 2.04 bits per heavy atom. The number of amides is 4. The van der Waals surface area contributed by atoms with E-state index in [0.29, 0.717) is 6.07 Å². The minimum Gasteiger partial charge on any atom is -0.451 e. The molecule has 28 heavy (non-hydrogen) atoms. The number of carbonyl (C=O) groups excluding carboxylic acids is 4. The molecule has 1 aliphatic heterocycles. The fraction of sp³-hybridized carbons (Fsp3) is 0.444. The maximum atomic E-state index is 13.6. The van der Waals surface area contributed by atoms with Crippen LogP contribution in [-0.2, 0) is 19.1 Å². The Hall–Kier alpha value is -3.04. The zero-order chi connectivity index (χ0) is 20.6. The number of benzene rings is 1. The maximum absolute atomic E-state index is 13.6. The Labute approximate surface area is 159 Å². The summed E-state index contributed by atoms with van der Waals surface area (Å²) >= 11 is 0. The molecule has 2 N–H and O–H groups in total. The lowest BCUT2D eigenvalue weighted by Gasteiger charge is -2.21. The van der Waals surface area contributed by atoms with Gasteiger partial charge in [-0.05, 0) is 44.7 Å². The van der Waals surface area contributed by atoms with Crippen molar-refractivity contribution < 1.29 is 32.7 Å². The highest BCUT2D eigenvalue weighted by Crippen LogP contribution is 2.42. The molecule has 0 aromatic heterocycles. The summed E-state index contributed by atoms with van der Waals surface area (Å²) in [5.41, 5.74) is -1.30. The van der Waals surface area contributed by atoms with E-state index in [1.165, 1.54) is 6.92 Å². The standard InChI is InChI=1S/C18H19F2N3O5/c1-9(15(25)21-13-6-5-11(19)7-12(13)20)28-14(24)8-23-16(26)18(2,10-3-4-10)22-17(23)27/h5-7,9-10H,3-4,8H2,1-2H3,(H,21,25)(H,22,27)/t9-,18+/m1/s1. The van der Waals surface area contributed by atoms with Gasteiger partial charge in [-0.1, -0.05) is 0 Å². The number of imide groups is 1. The third-order valence-electron chi connectivity index (χ3n) is 4.85. The van der Waals surface area contributed by atoms with Crippen LogP contribution in [0.2, 0.25) is 0 Å². The van der Waals surface area contributed by atoms with Gasteiger partial charge in [0.15, 0.2) is 6.10 Å². The number of esters is 1. The number of halogens is 2. The van der Waals surface area contributed by atoms with Crippen molar-refractivity contribution in [3.05, 3.63) is 29.8 Å². The van der Waals surface area contributed by atoms with Crippen molar-refractivity contribution in [2.45, 2.75) is 38.3 Å². The van der Waals surface area contributed by atoms with E-state index in [-0.39, 0.29) is 11.6 Å². The summed E-state index contributed by atoms with van der Waals surface area (Å²) in [5, 5.41) is 4.77. The lowest BCUT2D eigenvalue weighted by atomic mass is 9.96. The molecule has 1 heterocycles. The Morgan fingerprint density at radius 3 is 2.64 bits per heavy atom. The molecule has 1 saturated carbocycles. The highest BCUT2D eigenvalue weighted by molar-refractivity contribution is 6.09. The first kappa shape index (κ1) is 19.7. The second-order valence-corrected chi connectivity index (χ2v) is 7.04. The first-order valence-corrected chi connectivity index (χ1v) is 8.71. The first-order valence-electron chi connectivity index (χ1n) is 8.71. The molecule has 0 spiro atoms. The topological polar surface area (TPSA) is 105 Å². The fourth-order valence-electron chi connectivity index (χ4n) is 3.04. The number of carbonyl (C=O) groups is 4. The summed E-state index contributed by atoms with van der Waals surface area (Å²) in [4.78, 5) is 49.4. The first-order chi connectivity index (χ1) is 13.1. The van der Waals surface area contributed by atoms with E-state index in [2.05, 4.69) is 10.6 Å². The minimum atomic E-state index is -1.33. The highest BCUT2D eigenvalue weighted by atomic mass is 19.1. The molecule has 1 aliphatic carbocycles. The summed E-state index contributed by atoms with van der Waals surface area (Å²) in [5.74, 6) is -4.07. The number of hydrogen-bond acceptors (Lipinski definition) is 5. The van der Waals surface area contributed by atoms with Crippen molar-refractivity contribution in [2.75, 3.05) is 11.9 Å². The lowest BCUT2D eigenvalue weighted by molar-refractivity contribution is -0.155. The van der Waals surface area contributed by atoms with E-state index in [4.69, 9.17) is 4.74 Å². The molecule has 1 saturated heterocycles. The van der Waals surface area contributed by atoms with Gasteiger partial charge in [0.2, 0.25) is 0 Å². The molecule has 0 radical (unpaired) electrons. The van der Waals surface area contributed by atoms with E-state index in [1.807, 2.05) is 0 Å². The van der Waals surface area contributed by atoms with Crippen LogP contribution in [0.1, 0.15) is 26.7 Å². The van der Waals surface area contributed by atoms with Crippen LogP contribution in [-0.4, -0.2) is 46.9 Å². The van der Waals surface area contributed by atoms with Crippen LogP contribution in [0.3, 0.4) is 0 Å². The van der Waals surface area contributed by atoms with E-state index >= 15 is 0 Å². The third-order valence-corrected chi connectivity index (χ3v) is 4.85. The highest BCUT2D eigenvalue weighted by Gasteiger charge is 2.56. The summed E-state index contributed by atoms with van der Waals surface area (Å²) in [6, 6.07) is 1.90. The molecule has 4 amide bonds. The Balaban J connectivity index is 1.56. The molecule has 10 heteroatoms. The third kappa shape index (κ3) is 3.80. The zero-order valence-electron chi connectivity index (χ0n) is 15.3. The molecule has 2 atom stereocenters. The number of nitrogens with one attached hydrogen (secondary N) is 2. The fourth-order valence-corrected chi connectivity index (χ4v) is 3.04.